The number of hydrogen-bond donors (Lipinski definition) is 3. The van der Waals surface area contributed by atoms with Crippen LogP contribution in [-0.2, 0) is 0 Å². The first kappa shape index (κ1) is 11.9. The SMILES string of the molecule is Cc1ccc(NCCNC(N)=O)c(C#N)c1. The third kappa shape index (κ3) is 3.50. The lowest BCUT2D eigenvalue weighted by molar-refractivity contribution is 0.249. The molecule has 0 saturated carbocycles. The number of rotatable bonds is 4. The summed E-state index contributed by atoms with van der Waals surface area (Å²) in [6.45, 7) is 2.88. The fourth-order valence-electron chi connectivity index (χ4n) is 1.29. The minimum absolute atomic E-state index is 0.425. The topological polar surface area (TPSA) is 90.9 Å². The smallest absolute Gasteiger partial charge is 0.312 e. The summed E-state index contributed by atoms with van der Waals surface area (Å²) >= 11 is 0. The molecule has 0 unspecified atom stereocenters. The van der Waals surface area contributed by atoms with E-state index in [2.05, 4.69) is 16.7 Å². The largest absolute Gasteiger partial charge is 0.382 e. The Bertz CT molecular complexity index is 422. The van der Waals surface area contributed by atoms with Crippen LogP contribution >= 0.6 is 0 Å². The van der Waals surface area contributed by atoms with E-state index in [9.17, 15) is 4.79 Å². The molecule has 0 atom stereocenters. The second-order valence-electron chi connectivity index (χ2n) is 3.38. The molecule has 0 aliphatic carbocycles. The highest BCUT2D eigenvalue weighted by Gasteiger charge is 2.01. The molecule has 5 heteroatoms. The van der Waals surface area contributed by atoms with Gasteiger partial charge in [0.15, 0.2) is 0 Å². The Morgan fingerprint density at radius 3 is 2.88 bits per heavy atom. The maximum atomic E-state index is 10.4. The highest BCUT2D eigenvalue weighted by Crippen LogP contribution is 2.15. The number of nitriles is 1. The molecule has 5 nitrogen and oxygen atoms in total. The van der Waals surface area contributed by atoms with Gasteiger partial charge in [0.2, 0.25) is 0 Å². The van der Waals surface area contributed by atoms with Crippen LogP contribution in [0, 0.1) is 18.3 Å². The monoisotopic (exact) mass is 218 g/mol. The van der Waals surface area contributed by atoms with E-state index in [-0.39, 0.29) is 0 Å². The first-order chi connectivity index (χ1) is 7.63. The summed E-state index contributed by atoms with van der Waals surface area (Å²) in [4.78, 5) is 10.4. The minimum atomic E-state index is -0.550. The Balaban J connectivity index is 2.54. The van der Waals surface area contributed by atoms with Gasteiger partial charge in [-0.3, -0.25) is 0 Å². The Labute approximate surface area is 94.2 Å². The van der Waals surface area contributed by atoms with Gasteiger partial charge in [-0.25, -0.2) is 4.79 Å². The van der Waals surface area contributed by atoms with Crippen LogP contribution in [0.3, 0.4) is 0 Å². The van der Waals surface area contributed by atoms with Crippen molar-refractivity contribution in [2.45, 2.75) is 6.92 Å². The summed E-state index contributed by atoms with van der Waals surface area (Å²) in [5.74, 6) is 0. The van der Waals surface area contributed by atoms with E-state index < -0.39 is 6.03 Å². The Hall–Kier alpha value is -2.22. The summed E-state index contributed by atoms with van der Waals surface area (Å²) in [5.41, 5.74) is 7.32. The zero-order valence-corrected chi connectivity index (χ0v) is 9.08. The van der Waals surface area contributed by atoms with Crippen molar-refractivity contribution >= 4 is 11.7 Å². The van der Waals surface area contributed by atoms with Gasteiger partial charge in [-0.15, -0.1) is 0 Å². The van der Waals surface area contributed by atoms with Gasteiger partial charge in [-0.2, -0.15) is 5.26 Å². The fourth-order valence-corrected chi connectivity index (χ4v) is 1.29. The number of carbonyl (C=O) groups excluding carboxylic acids is 1. The molecule has 1 aromatic carbocycles. The molecular formula is C11H14N4O. The summed E-state index contributed by atoms with van der Waals surface area (Å²) in [6, 6.07) is 7.14. The molecule has 0 heterocycles. The molecule has 0 aliphatic rings. The molecule has 84 valence electrons. The number of urea groups is 1. The molecular weight excluding hydrogens is 204 g/mol. The number of amides is 2. The lowest BCUT2D eigenvalue weighted by Crippen LogP contribution is -2.33. The maximum absolute atomic E-state index is 10.4. The molecule has 1 rings (SSSR count). The Morgan fingerprint density at radius 1 is 1.50 bits per heavy atom. The van der Waals surface area contributed by atoms with E-state index in [1.807, 2.05) is 25.1 Å². The number of nitrogens with one attached hydrogen (secondary N) is 2. The summed E-state index contributed by atoms with van der Waals surface area (Å²) < 4.78 is 0. The van der Waals surface area contributed by atoms with Gasteiger partial charge >= 0.3 is 6.03 Å². The fraction of sp³-hybridized carbons (Fsp3) is 0.273. The lowest BCUT2D eigenvalue weighted by atomic mass is 10.1. The van der Waals surface area contributed by atoms with Crippen molar-refractivity contribution in [2.75, 3.05) is 18.4 Å². The van der Waals surface area contributed by atoms with Gasteiger partial charge in [0.05, 0.1) is 11.3 Å². The number of primary amides is 1. The molecule has 0 radical (unpaired) electrons. The number of nitrogens with two attached hydrogens (primary N) is 1. The van der Waals surface area contributed by atoms with Crippen LogP contribution in [0.15, 0.2) is 18.2 Å². The number of benzene rings is 1. The third-order valence-corrected chi connectivity index (χ3v) is 2.04. The number of nitrogens with zero attached hydrogens (tertiary/aromatic N) is 1. The molecule has 4 N–H and O–H groups in total. The molecule has 0 aromatic heterocycles. The van der Waals surface area contributed by atoms with E-state index in [4.69, 9.17) is 11.0 Å². The normalized spacial score (nSPS) is 9.25. The molecule has 1 aromatic rings. The van der Waals surface area contributed by atoms with Crippen LogP contribution in [0.1, 0.15) is 11.1 Å². The van der Waals surface area contributed by atoms with Gasteiger partial charge in [0, 0.05) is 13.1 Å². The van der Waals surface area contributed by atoms with Gasteiger partial charge in [-0.05, 0) is 24.6 Å². The van der Waals surface area contributed by atoms with Crippen molar-refractivity contribution in [1.82, 2.24) is 5.32 Å². The predicted octanol–water partition coefficient (Wildman–Crippen LogP) is 0.947. The molecule has 0 spiro atoms. The van der Waals surface area contributed by atoms with Gasteiger partial charge in [0.25, 0.3) is 0 Å². The van der Waals surface area contributed by atoms with Crippen molar-refractivity contribution in [3.05, 3.63) is 29.3 Å². The lowest BCUT2D eigenvalue weighted by Gasteiger charge is -2.08. The molecule has 16 heavy (non-hydrogen) atoms. The average molecular weight is 218 g/mol. The van der Waals surface area contributed by atoms with E-state index >= 15 is 0 Å². The van der Waals surface area contributed by atoms with Crippen LogP contribution in [-0.4, -0.2) is 19.1 Å². The zero-order chi connectivity index (χ0) is 12.0. The van der Waals surface area contributed by atoms with Crippen LogP contribution in [0.5, 0.6) is 0 Å². The highest BCUT2D eigenvalue weighted by molar-refractivity contribution is 5.71. The second-order valence-corrected chi connectivity index (χ2v) is 3.38. The van der Waals surface area contributed by atoms with E-state index in [0.717, 1.165) is 11.3 Å². The van der Waals surface area contributed by atoms with Crippen molar-refractivity contribution in [3.8, 4) is 6.07 Å². The second kappa shape index (κ2) is 5.61. The van der Waals surface area contributed by atoms with Gasteiger partial charge < -0.3 is 16.4 Å². The van der Waals surface area contributed by atoms with Crippen LogP contribution in [0.2, 0.25) is 0 Å². The average Bonchev–Trinajstić information content (AvgIpc) is 2.25. The summed E-state index contributed by atoms with van der Waals surface area (Å²) in [7, 11) is 0. The maximum Gasteiger partial charge on any atom is 0.312 e. The first-order valence-corrected chi connectivity index (χ1v) is 4.91. The highest BCUT2D eigenvalue weighted by atomic mass is 16.2. The van der Waals surface area contributed by atoms with Crippen LogP contribution < -0.4 is 16.4 Å². The van der Waals surface area contributed by atoms with Gasteiger partial charge in [-0.1, -0.05) is 6.07 Å². The van der Waals surface area contributed by atoms with E-state index in [1.165, 1.54) is 0 Å². The number of aryl methyl sites for hydroxylation is 1. The van der Waals surface area contributed by atoms with Crippen molar-refractivity contribution in [2.24, 2.45) is 5.73 Å². The molecule has 0 saturated heterocycles. The Morgan fingerprint density at radius 2 is 2.25 bits per heavy atom. The van der Waals surface area contributed by atoms with E-state index in [1.54, 1.807) is 0 Å². The quantitative estimate of drug-likeness (QED) is 0.657. The molecule has 0 bridgehead atoms. The van der Waals surface area contributed by atoms with Crippen LogP contribution in [0.25, 0.3) is 0 Å². The van der Waals surface area contributed by atoms with E-state index in [0.29, 0.717) is 18.7 Å². The molecule has 0 aliphatic heterocycles. The number of hydrogen-bond acceptors (Lipinski definition) is 3. The minimum Gasteiger partial charge on any atom is -0.382 e. The zero-order valence-electron chi connectivity index (χ0n) is 9.08. The first-order valence-electron chi connectivity index (χ1n) is 4.91. The predicted molar refractivity (Wildman–Crippen MR) is 62.0 cm³/mol. The molecule has 0 fully saturated rings. The summed E-state index contributed by atoms with van der Waals surface area (Å²) in [5, 5.41) is 14.4. The number of carbonyl (C=O) groups is 1. The third-order valence-electron chi connectivity index (χ3n) is 2.04. The standard InChI is InChI=1S/C11H14N4O/c1-8-2-3-10(9(6-8)7-12)14-4-5-15-11(13)16/h2-3,6,14H,4-5H2,1H3,(H3,13,15,16). The molecule has 2 amide bonds. The van der Waals surface area contributed by atoms with Crippen molar-refractivity contribution < 1.29 is 4.79 Å². The van der Waals surface area contributed by atoms with Crippen molar-refractivity contribution in [1.29, 1.82) is 5.26 Å². The van der Waals surface area contributed by atoms with Crippen LogP contribution in [0.4, 0.5) is 10.5 Å². The van der Waals surface area contributed by atoms with Gasteiger partial charge in [0.1, 0.15) is 6.07 Å². The number of anilines is 1. The van der Waals surface area contributed by atoms with Crippen molar-refractivity contribution in [3.63, 3.8) is 0 Å². The Kier molecular flexibility index (Phi) is 4.16. The summed E-state index contributed by atoms with van der Waals surface area (Å²) in [6.07, 6.45) is 0.